The van der Waals surface area contributed by atoms with Gasteiger partial charge in [0.15, 0.2) is 0 Å². The Morgan fingerprint density at radius 1 is 1.17 bits per heavy atom. The molecule has 0 saturated heterocycles. The van der Waals surface area contributed by atoms with Crippen LogP contribution in [0.1, 0.15) is 67.9 Å². The van der Waals surface area contributed by atoms with Crippen LogP contribution in [0.3, 0.4) is 0 Å². The van der Waals surface area contributed by atoms with Crippen molar-refractivity contribution in [3.8, 4) is 0 Å². The zero-order valence-corrected chi connectivity index (χ0v) is 10.8. The van der Waals surface area contributed by atoms with Crippen molar-refractivity contribution in [2.75, 3.05) is 0 Å². The lowest BCUT2D eigenvalue weighted by Crippen LogP contribution is -2.33. The molecule has 1 aromatic heterocycles. The first-order chi connectivity index (χ1) is 8.83. The third kappa shape index (κ3) is 2.42. The van der Waals surface area contributed by atoms with Gasteiger partial charge in [0, 0.05) is 12.2 Å². The second-order valence-electron chi connectivity index (χ2n) is 5.57. The van der Waals surface area contributed by atoms with Crippen LogP contribution in [-0.2, 0) is 0 Å². The quantitative estimate of drug-likeness (QED) is 0.892. The molecule has 2 aliphatic rings. The molecular formula is C14H21N3O. The van der Waals surface area contributed by atoms with Gasteiger partial charge in [0.05, 0.1) is 6.04 Å². The average Bonchev–Trinajstić information content (AvgIpc) is 3.11. The third-order valence-electron chi connectivity index (χ3n) is 4.23. The van der Waals surface area contributed by atoms with E-state index >= 15 is 0 Å². The van der Waals surface area contributed by atoms with E-state index in [1.165, 1.54) is 38.5 Å². The predicted octanol–water partition coefficient (Wildman–Crippen LogP) is 2.67. The highest BCUT2D eigenvalue weighted by Crippen LogP contribution is 2.28. The van der Waals surface area contributed by atoms with Gasteiger partial charge in [0.2, 0.25) is 0 Å². The highest BCUT2D eigenvalue weighted by Gasteiger charge is 2.21. The molecule has 3 rings (SSSR count). The fourth-order valence-corrected chi connectivity index (χ4v) is 3.16. The van der Waals surface area contributed by atoms with E-state index in [2.05, 4.69) is 10.4 Å². The Labute approximate surface area is 108 Å². The molecule has 1 N–H and O–H groups in total. The Balaban J connectivity index is 1.62. The fraction of sp³-hybridized carbons (Fsp3) is 0.714. The average molecular weight is 247 g/mol. The Morgan fingerprint density at radius 3 is 2.56 bits per heavy atom. The number of amides is 1. The standard InChI is InChI=1S/C14H21N3O/c18-14(15-11-5-1-2-6-11)13-9-10-17(16-13)12-7-3-4-8-12/h9-12H,1-8H2,(H,15,18). The number of nitrogens with zero attached hydrogens (tertiary/aromatic N) is 2. The smallest absolute Gasteiger partial charge is 0.271 e. The molecule has 4 nitrogen and oxygen atoms in total. The summed E-state index contributed by atoms with van der Waals surface area (Å²) in [6.45, 7) is 0. The van der Waals surface area contributed by atoms with Crippen LogP contribution in [0.25, 0.3) is 0 Å². The zero-order valence-electron chi connectivity index (χ0n) is 10.8. The Bertz CT molecular complexity index is 414. The molecule has 1 heterocycles. The minimum atomic E-state index is -0.00125. The molecular weight excluding hydrogens is 226 g/mol. The Hall–Kier alpha value is -1.32. The number of carbonyl (C=O) groups is 1. The van der Waals surface area contributed by atoms with Crippen LogP contribution in [0.2, 0.25) is 0 Å². The van der Waals surface area contributed by atoms with E-state index in [4.69, 9.17) is 0 Å². The van der Waals surface area contributed by atoms with Crippen molar-refractivity contribution in [1.29, 1.82) is 0 Å². The molecule has 0 bridgehead atoms. The predicted molar refractivity (Wildman–Crippen MR) is 69.5 cm³/mol. The highest BCUT2D eigenvalue weighted by molar-refractivity contribution is 5.92. The lowest BCUT2D eigenvalue weighted by molar-refractivity contribution is 0.0931. The molecule has 0 atom stereocenters. The van der Waals surface area contributed by atoms with Crippen molar-refractivity contribution in [3.05, 3.63) is 18.0 Å². The lowest BCUT2D eigenvalue weighted by Gasteiger charge is -2.11. The molecule has 1 aromatic rings. The van der Waals surface area contributed by atoms with Crippen molar-refractivity contribution in [1.82, 2.24) is 15.1 Å². The van der Waals surface area contributed by atoms with Crippen LogP contribution in [0.4, 0.5) is 0 Å². The second-order valence-corrected chi connectivity index (χ2v) is 5.57. The molecule has 18 heavy (non-hydrogen) atoms. The number of nitrogens with one attached hydrogen (secondary N) is 1. The topological polar surface area (TPSA) is 46.9 Å². The molecule has 0 radical (unpaired) electrons. The summed E-state index contributed by atoms with van der Waals surface area (Å²) >= 11 is 0. The highest BCUT2D eigenvalue weighted by atomic mass is 16.2. The van der Waals surface area contributed by atoms with Crippen LogP contribution in [0, 0.1) is 0 Å². The minimum absolute atomic E-state index is 0.00125. The fourth-order valence-electron chi connectivity index (χ4n) is 3.16. The van der Waals surface area contributed by atoms with Gasteiger partial charge in [-0.05, 0) is 31.7 Å². The summed E-state index contributed by atoms with van der Waals surface area (Å²) < 4.78 is 1.98. The maximum atomic E-state index is 12.0. The first kappa shape index (κ1) is 11.8. The molecule has 0 unspecified atom stereocenters. The molecule has 2 aliphatic carbocycles. The summed E-state index contributed by atoms with van der Waals surface area (Å²) in [5, 5.41) is 7.52. The zero-order chi connectivity index (χ0) is 12.4. The second kappa shape index (κ2) is 5.12. The van der Waals surface area contributed by atoms with Crippen LogP contribution in [0.5, 0.6) is 0 Å². The van der Waals surface area contributed by atoms with Crippen molar-refractivity contribution >= 4 is 5.91 Å². The van der Waals surface area contributed by atoms with E-state index in [0.29, 0.717) is 17.8 Å². The normalized spacial score (nSPS) is 21.6. The van der Waals surface area contributed by atoms with Crippen LogP contribution >= 0.6 is 0 Å². The van der Waals surface area contributed by atoms with Crippen molar-refractivity contribution in [2.45, 2.75) is 63.5 Å². The molecule has 0 spiro atoms. The SMILES string of the molecule is O=C(NC1CCCC1)c1ccn(C2CCCC2)n1. The van der Waals surface area contributed by atoms with Gasteiger partial charge in [-0.1, -0.05) is 25.7 Å². The number of carbonyl (C=O) groups excluding carboxylic acids is 1. The van der Waals surface area contributed by atoms with Gasteiger partial charge in [-0.25, -0.2) is 0 Å². The van der Waals surface area contributed by atoms with E-state index in [-0.39, 0.29) is 5.91 Å². The van der Waals surface area contributed by atoms with Gasteiger partial charge in [0.1, 0.15) is 5.69 Å². The van der Waals surface area contributed by atoms with Gasteiger partial charge in [0.25, 0.3) is 5.91 Å². The number of hydrogen-bond donors (Lipinski definition) is 1. The van der Waals surface area contributed by atoms with Crippen LogP contribution < -0.4 is 5.32 Å². The van der Waals surface area contributed by atoms with Crippen LogP contribution in [-0.4, -0.2) is 21.7 Å². The maximum Gasteiger partial charge on any atom is 0.271 e. The molecule has 4 heteroatoms. The number of hydrogen-bond acceptors (Lipinski definition) is 2. The molecule has 0 aliphatic heterocycles. The van der Waals surface area contributed by atoms with Crippen molar-refractivity contribution < 1.29 is 4.79 Å². The van der Waals surface area contributed by atoms with Gasteiger partial charge in [-0.15, -0.1) is 0 Å². The van der Waals surface area contributed by atoms with Gasteiger partial charge < -0.3 is 5.32 Å². The van der Waals surface area contributed by atoms with E-state index in [9.17, 15) is 4.79 Å². The van der Waals surface area contributed by atoms with E-state index in [1.807, 2.05) is 16.9 Å². The van der Waals surface area contributed by atoms with E-state index < -0.39 is 0 Å². The molecule has 2 saturated carbocycles. The largest absolute Gasteiger partial charge is 0.348 e. The number of rotatable bonds is 3. The molecule has 2 fully saturated rings. The molecule has 0 aromatic carbocycles. The Kier molecular flexibility index (Phi) is 3.35. The van der Waals surface area contributed by atoms with Crippen molar-refractivity contribution in [2.24, 2.45) is 0 Å². The summed E-state index contributed by atoms with van der Waals surface area (Å²) in [7, 11) is 0. The first-order valence-electron chi connectivity index (χ1n) is 7.19. The summed E-state index contributed by atoms with van der Waals surface area (Å²) in [5.74, 6) is -0.00125. The minimum Gasteiger partial charge on any atom is -0.348 e. The third-order valence-corrected chi connectivity index (χ3v) is 4.23. The van der Waals surface area contributed by atoms with Crippen molar-refractivity contribution in [3.63, 3.8) is 0 Å². The molecule has 98 valence electrons. The monoisotopic (exact) mass is 247 g/mol. The van der Waals surface area contributed by atoms with E-state index in [0.717, 1.165) is 12.8 Å². The summed E-state index contributed by atoms with van der Waals surface area (Å²) in [6.07, 6.45) is 11.6. The molecule has 1 amide bonds. The van der Waals surface area contributed by atoms with Crippen LogP contribution in [0.15, 0.2) is 12.3 Å². The first-order valence-corrected chi connectivity index (χ1v) is 7.19. The summed E-state index contributed by atoms with van der Waals surface area (Å²) in [4.78, 5) is 12.0. The van der Waals surface area contributed by atoms with Gasteiger partial charge in [-0.2, -0.15) is 5.10 Å². The summed E-state index contributed by atoms with van der Waals surface area (Å²) in [6, 6.07) is 2.73. The number of aromatic nitrogens is 2. The van der Waals surface area contributed by atoms with E-state index in [1.54, 1.807) is 0 Å². The van der Waals surface area contributed by atoms with Gasteiger partial charge >= 0.3 is 0 Å². The summed E-state index contributed by atoms with van der Waals surface area (Å²) in [5.41, 5.74) is 0.578. The van der Waals surface area contributed by atoms with Gasteiger partial charge in [-0.3, -0.25) is 9.48 Å². The maximum absolute atomic E-state index is 12.0. The Morgan fingerprint density at radius 2 is 1.83 bits per heavy atom. The lowest BCUT2D eigenvalue weighted by atomic mass is 10.2.